The van der Waals surface area contributed by atoms with Crippen LogP contribution in [0.3, 0.4) is 0 Å². The maximum absolute atomic E-state index is 11.9. The Hall–Kier alpha value is -1.07. The van der Waals surface area contributed by atoms with Crippen molar-refractivity contribution < 1.29 is 14.3 Å². The lowest BCUT2D eigenvalue weighted by Crippen LogP contribution is -2.22. The molecule has 0 saturated heterocycles. The average molecular weight is 330 g/mol. The predicted octanol–water partition coefficient (Wildman–Crippen LogP) is 3.31. The molecule has 0 aliphatic carbocycles. The Morgan fingerprint density at radius 2 is 1.95 bits per heavy atom. The Bertz CT molecular complexity index is 466. The van der Waals surface area contributed by atoms with E-state index >= 15 is 0 Å². The first-order valence-electron chi connectivity index (χ1n) is 6.07. The van der Waals surface area contributed by atoms with E-state index in [9.17, 15) is 4.79 Å². The number of hydrogen-bond donors (Lipinski definition) is 1. The molecule has 19 heavy (non-hydrogen) atoms. The monoisotopic (exact) mass is 329 g/mol. The summed E-state index contributed by atoms with van der Waals surface area (Å²) in [7, 11) is 0. The molecule has 0 heterocycles. The number of hydrogen-bond acceptors (Lipinski definition) is 4. The third-order valence-corrected chi connectivity index (χ3v) is 2.94. The lowest BCUT2D eigenvalue weighted by atomic mass is 10.1. The van der Waals surface area contributed by atoms with Crippen LogP contribution >= 0.6 is 15.9 Å². The Kier molecular flexibility index (Phi) is 5.38. The summed E-state index contributed by atoms with van der Waals surface area (Å²) >= 11 is 3.31. The largest absolute Gasteiger partial charge is 0.460 e. The lowest BCUT2D eigenvalue weighted by Gasteiger charge is -2.19. The standard InChI is InChI=1S/C14H20BrNO3/c1-9-11(7-10(15)8-12(9)16)13(17)18-5-6-19-14(2,3)4/h7-8H,5-6,16H2,1-4H3. The quantitative estimate of drug-likeness (QED) is 0.523. The van der Waals surface area contributed by atoms with Crippen LogP contribution in [0.25, 0.3) is 0 Å². The molecule has 0 fully saturated rings. The zero-order valence-electron chi connectivity index (χ0n) is 11.7. The van der Waals surface area contributed by atoms with Crippen molar-refractivity contribution in [1.29, 1.82) is 0 Å². The number of halogens is 1. The van der Waals surface area contributed by atoms with Crippen molar-refractivity contribution in [2.45, 2.75) is 33.3 Å². The van der Waals surface area contributed by atoms with Gasteiger partial charge in [-0.15, -0.1) is 0 Å². The second-order valence-corrected chi connectivity index (χ2v) is 6.18. The highest BCUT2D eigenvalue weighted by atomic mass is 79.9. The van der Waals surface area contributed by atoms with Crippen molar-refractivity contribution in [2.24, 2.45) is 0 Å². The number of ether oxygens (including phenoxy) is 2. The number of esters is 1. The normalized spacial score (nSPS) is 11.4. The van der Waals surface area contributed by atoms with Gasteiger partial charge in [-0.2, -0.15) is 0 Å². The van der Waals surface area contributed by atoms with Crippen LogP contribution in [0, 0.1) is 6.92 Å². The van der Waals surface area contributed by atoms with Crippen molar-refractivity contribution >= 4 is 27.6 Å². The molecule has 0 radical (unpaired) electrons. The molecule has 0 aliphatic heterocycles. The molecule has 0 amide bonds. The van der Waals surface area contributed by atoms with Gasteiger partial charge in [0.25, 0.3) is 0 Å². The van der Waals surface area contributed by atoms with Gasteiger partial charge in [0.2, 0.25) is 0 Å². The van der Waals surface area contributed by atoms with E-state index < -0.39 is 0 Å². The highest BCUT2D eigenvalue weighted by molar-refractivity contribution is 9.10. The SMILES string of the molecule is Cc1c(N)cc(Br)cc1C(=O)OCCOC(C)(C)C. The van der Waals surface area contributed by atoms with Crippen LogP contribution < -0.4 is 5.73 Å². The summed E-state index contributed by atoms with van der Waals surface area (Å²) in [5.41, 5.74) is 7.34. The molecule has 1 rings (SSSR count). The molecule has 2 N–H and O–H groups in total. The number of anilines is 1. The second kappa shape index (κ2) is 6.39. The van der Waals surface area contributed by atoms with Crippen LogP contribution in [0.2, 0.25) is 0 Å². The first-order valence-corrected chi connectivity index (χ1v) is 6.87. The summed E-state index contributed by atoms with van der Waals surface area (Å²) in [4.78, 5) is 11.9. The zero-order chi connectivity index (χ0) is 14.6. The molecule has 0 saturated carbocycles. The number of nitrogen functional groups attached to an aromatic ring is 1. The van der Waals surface area contributed by atoms with Crippen molar-refractivity contribution in [3.05, 3.63) is 27.7 Å². The van der Waals surface area contributed by atoms with E-state index in [2.05, 4.69) is 15.9 Å². The maximum atomic E-state index is 11.9. The molecule has 106 valence electrons. The number of carbonyl (C=O) groups is 1. The molecule has 0 aromatic heterocycles. The van der Waals surface area contributed by atoms with E-state index in [0.29, 0.717) is 17.9 Å². The Balaban J connectivity index is 2.60. The average Bonchev–Trinajstić information content (AvgIpc) is 2.27. The van der Waals surface area contributed by atoms with E-state index in [1.165, 1.54) is 0 Å². The summed E-state index contributed by atoms with van der Waals surface area (Å²) in [6.45, 7) is 8.25. The van der Waals surface area contributed by atoms with Crippen LogP contribution in [0.4, 0.5) is 5.69 Å². The molecule has 1 aromatic carbocycles. The van der Waals surface area contributed by atoms with Gasteiger partial charge in [0, 0.05) is 10.2 Å². The molecule has 5 heteroatoms. The summed E-state index contributed by atoms with van der Waals surface area (Å²) in [5, 5.41) is 0. The van der Waals surface area contributed by atoms with Crippen molar-refractivity contribution in [3.8, 4) is 0 Å². The van der Waals surface area contributed by atoms with Crippen molar-refractivity contribution in [3.63, 3.8) is 0 Å². The van der Waals surface area contributed by atoms with Crippen molar-refractivity contribution in [2.75, 3.05) is 18.9 Å². The van der Waals surface area contributed by atoms with Gasteiger partial charge < -0.3 is 15.2 Å². The molecule has 4 nitrogen and oxygen atoms in total. The molecule has 0 bridgehead atoms. The van der Waals surface area contributed by atoms with Gasteiger partial charge >= 0.3 is 5.97 Å². The van der Waals surface area contributed by atoms with Gasteiger partial charge in [0.15, 0.2) is 0 Å². The maximum Gasteiger partial charge on any atom is 0.338 e. The Morgan fingerprint density at radius 1 is 1.32 bits per heavy atom. The third-order valence-electron chi connectivity index (χ3n) is 2.48. The minimum Gasteiger partial charge on any atom is -0.460 e. The molecule has 0 spiro atoms. The van der Waals surface area contributed by atoms with E-state index in [1.54, 1.807) is 19.1 Å². The van der Waals surface area contributed by atoms with Gasteiger partial charge in [-0.25, -0.2) is 4.79 Å². The van der Waals surface area contributed by atoms with E-state index in [-0.39, 0.29) is 18.2 Å². The van der Waals surface area contributed by atoms with Crippen LogP contribution in [-0.2, 0) is 9.47 Å². The Labute approximate surface area is 122 Å². The highest BCUT2D eigenvalue weighted by Gasteiger charge is 2.14. The third kappa shape index (κ3) is 5.20. The number of nitrogens with two attached hydrogens (primary N) is 1. The number of carbonyl (C=O) groups excluding carboxylic acids is 1. The topological polar surface area (TPSA) is 61.6 Å². The van der Waals surface area contributed by atoms with Gasteiger partial charge in [-0.05, 0) is 45.4 Å². The molecular formula is C14H20BrNO3. The van der Waals surface area contributed by atoms with Gasteiger partial charge in [-0.3, -0.25) is 0 Å². The predicted molar refractivity (Wildman–Crippen MR) is 79.3 cm³/mol. The van der Waals surface area contributed by atoms with Gasteiger partial charge in [0.1, 0.15) is 6.61 Å². The van der Waals surface area contributed by atoms with Crippen molar-refractivity contribution in [1.82, 2.24) is 0 Å². The lowest BCUT2D eigenvalue weighted by molar-refractivity contribution is -0.0281. The van der Waals surface area contributed by atoms with E-state index in [0.717, 1.165) is 10.0 Å². The highest BCUT2D eigenvalue weighted by Crippen LogP contribution is 2.23. The summed E-state index contributed by atoms with van der Waals surface area (Å²) in [5.74, 6) is -0.386. The fourth-order valence-corrected chi connectivity index (χ4v) is 1.95. The van der Waals surface area contributed by atoms with Gasteiger partial charge in [0.05, 0.1) is 17.8 Å². The molecule has 0 atom stereocenters. The minimum absolute atomic E-state index is 0.224. The fraction of sp³-hybridized carbons (Fsp3) is 0.500. The van der Waals surface area contributed by atoms with Crippen LogP contribution in [0.5, 0.6) is 0 Å². The fourth-order valence-electron chi connectivity index (χ4n) is 1.47. The van der Waals surface area contributed by atoms with Crippen LogP contribution in [0.15, 0.2) is 16.6 Å². The summed E-state index contributed by atoms with van der Waals surface area (Å²) in [6.07, 6.45) is 0. The molecular weight excluding hydrogens is 310 g/mol. The number of rotatable bonds is 4. The first-order chi connectivity index (χ1) is 8.70. The Morgan fingerprint density at radius 3 is 2.53 bits per heavy atom. The van der Waals surface area contributed by atoms with E-state index in [4.69, 9.17) is 15.2 Å². The molecule has 0 unspecified atom stereocenters. The summed E-state index contributed by atoms with van der Waals surface area (Å²) in [6, 6.07) is 3.47. The van der Waals surface area contributed by atoms with Crippen LogP contribution in [-0.4, -0.2) is 24.8 Å². The minimum atomic E-state index is -0.386. The zero-order valence-corrected chi connectivity index (χ0v) is 13.3. The summed E-state index contributed by atoms with van der Waals surface area (Å²) < 4.78 is 11.4. The molecule has 0 aliphatic rings. The van der Waals surface area contributed by atoms with Crippen LogP contribution in [0.1, 0.15) is 36.7 Å². The smallest absolute Gasteiger partial charge is 0.338 e. The van der Waals surface area contributed by atoms with Gasteiger partial charge in [-0.1, -0.05) is 15.9 Å². The second-order valence-electron chi connectivity index (χ2n) is 5.26. The first kappa shape index (κ1) is 16.0. The molecule has 1 aromatic rings. The van der Waals surface area contributed by atoms with E-state index in [1.807, 2.05) is 20.8 Å². The number of benzene rings is 1.